The van der Waals surface area contributed by atoms with Crippen LogP contribution in [0.5, 0.6) is 5.75 Å². The number of amides is 2. The van der Waals surface area contributed by atoms with Gasteiger partial charge in [0.25, 0.3) is 0 Å². The average Bonchev–Trinajstić information content (AvgIpc) is 3.67. The molecule has 0 unspecified atom stereocenters. The van der Waals surface area contributed by atoms with Crippen molar-refractivity contribution in [2.75, 3.05) is 16.4 Å². The summed E-state index contributed by atoms with van der Waals surface area (Å²) in [5.74, 6) is -1.67. The van der Waals surface area contributed by atoms with Crippen LogP contribution in [0, 0.1) is 5.41 Å². The van der Waals surface area contributed by atoms with Crippen molar-refractivity contribution < 1.29 is 27.5 Å². The van der Waals surface area contributed by atoms with Crippen molar-refractivity contribution in [1.82, 2.24) is 9.97 Å². The zero-order chi connectivity index (χ0) is 27.1. The molecule has 0 radical (unpaired) electrons. The second-order valence-corrected chi connectivity index (χ2v) is 9.67. The number of carbonyl (C=O) groups excluding carboxylic acids is 2. The fourth-order valence-electron chi connectivity index (χ4n) is 3.95. The van der Waals surface area contributed by atoms with E-state index in [4.69, 9.17) is 5.73 Å². The van der Waals surface area contributed by atoms with Gasteiger partial charge in [-0.25, -0.2) is 9.97 Å². The van der Waals surface area contributed by atoms with Gasteiger partial charge in [0.05, 0.1) is 11.2 Å². The first-order valence-corrected chi connectivity index (χ1v) is 12.1. The summed E-state index contributed by atoms with van der Waals surface area (Å²) in [6.07, 6.45) is -2.78. The van der Waals surface area contributed by atoms with Crippen molar-refractivity contribution in [2.45, 2.75) is 19.2 Å². The van der Waals surface area contributed by atoms with Crippen molar-refractivity contribution >= 4 is 56.0 Å². The van der Waals surface area contributed by atoms with E-state index in [9.17, 15) is 22.8 Å². The van der Waals surface area contributed by atoms with Gasteiger partial charge < -0.3 is 21.1 Å². The Morgan fingerprint density at radius 3 is 2.32 bits per heavy atom. The van der Waals surface area contributed by atoms with E-state index in [1.54, 1.807) is 18.3 Å². The van der Waals surface area contributed by atoms with Crippen LogP contribution in [0.25, 0.3) is 22.0 Å². The first-order chi connectivity index (χ1) is 18.0. The molecule has 0 aliphatic heterocycles. The maximum Gasteiger partial charge on any atom is 0.573 e. The van der Waals surface area contributed by atoms with Crippen molar-refractivity contribution in [1.29, 1.82) is 0 Å². The summed E-state index contributed by atoms with van der Waals surface area (Å²) in [4.78, 5) is 34.2. The summed E-state index contributed by atoms with van der Waals surface area (Å²) >= 11 is 3.08. The topological polar surface area (TPSA) is 119 Å². The molecule has 1 heterocycles. The molecule has 0 spiro atoms. The lowest BCUT2D eigenvalue weighted by atomic mass is 10.0. The Morgan fingerprint density at radius 2 is 1.63 bits per heavy atom. The van der Waals surface area contributed by atoms with Crippen molar-refractivity contribution in [3.05, 3.63) is 71.3 Å². The fourth-order valence-corrected chi connectivity index (χ4v) is 4.29. The third-order valence-electron chi connectivity index (χ3n) is 6.11. The Hall–Kier alpha value is -4.19. The number of hydrogen-bond donors (Lipinski definition) is 3. The average molecular weight is 586 g/mol. The zero-order valence-corrected chi connectivity index (χ0v) is 21.1. The number of aromatic nitrogens is 2. The number of halogens is 4. The number of nitrogens with one attached hydrogen (secondary N) is 2. The van der Waals surface area contributed by atoms with Crippen LogP contribution in [0.15, 0.2) is 71.3 Å². The van der Waals surface area contributed by atoms with E-state index in [2.05, 4.69) is 41.3 Å². The number of ether oxygens (including phenoxy) is 1. The second-order valence-electron chi connectivity index (χ2n) is 8.76. The Morgan fingerprint density at radius 1 is 0.947 bits per heavy atom. The van der Waals surface area contributed by atoms with E-state index in [-0.39, 0.29) is 24.5 Å². The van der Waals surface area contributed by atoms with Crippen LogP contribution in [0.4, 0.5) is 30.5 Å². The van der Waals surface area contributed by atoms with Gasteiger partial charge in [-0.3, -0.25) is 9.59 Å². The molecule has 3 aromatic carbocycles. The molecule has 1 saturated carbocycles. The van der Waals surface area contributed by atoms with E-state index in [0.29, 0.717) is 15.7 Å². The van der Waals surface area contributed by atoms with Gasteiger partial charge in [0.1, 0.15) is 5.41 Å². The van der Waals surface area contributed by atoms with E-state index in [1.165, 1.54) is 12.1 Å². The minimum Gasteiger partial charge on any atom is -0.404 e. The van der Waals surface area contributed by atoms with E-state index in [0.717, 1.165) is 22.6 Å². The molecule has 2 amide bonds. The van der Waals surface area contributed by atoms with Gasteiger partial charge in [-0.1, -0.05) is 40.2 Å². The van der Waals surface area contributed by atoms with Gasteiger partial charge in [0.2, 0.25) is 17.8 Å². The lowest BCUT2D eigenvalue weighted by molar-refractivity contribution is -0.274. The molecule has 4 N–H and O–H groups in total. The van der Waals surface area contributed by atoms with Crippen LogP contribution in [0.3, 0.4) is 0 Å². The smallest absolute Gasteiger partial charge is 0.404 e. The van der Waals surface area contributed by atoms with Crippen molar-refractivity contribution in [3.8, 4) is 16.9 Å². The van der Waals surface area contributed by atoms with Crippen LogP contribution in [-0.4, -0.2) is 28.1 Å². The van der Waals surface area contributed by atoms with Crippen molar-refractivity contribution in [2.24, 2.45) is 5.41 Å². The zero-order valence-electron chi connectivity index (χ0n) is 19.5. The van der Waals surface area contributed by atoms with Gasteiger partial charge in [0, 0.05) is 21.7 Å². The Kier molecular flexibility index (Phi) is 6.43. The summed E-state index contributed by atoms with van der Waals surface area (Å²) in [6, 6.07) is 16.5. The lowest BCUT2D eigenvalue weighted by Crippen LogP contribution is -2.35. The lowest BCUT2D eigenvalue weighted by Gasteiger charge is -2.18. The predicted octanol–water partition coefficient (Wildman–Crippen LogP) is 5.90. The number of hydrogen-bond acceptors (Lipinski definition) is 6. The van der Waals surface area contributed by atoms with Gasteiger partial charge >= 0.3 is 6.36 Å². The molecule has 5 rings (SSSR count). The molecule has 194 valence electrons. The highest BCUT2D eigenvalue weighted by molar-refractivity contribution is 9.10. The first-order valence-electron chi connectivity index (χ1n) is 11.3. The highest BCUT2D eigenvalue weighted by atomic mass is 79.9. The fraction of sp³-hybridized carbons (Fsp3) is 0.154. The van der Waals surface area contributed by atoms with E-state index >= 15 is 0 Å². The van der Waals surface area contributed by atoms with Crippen LogP contribution < -0.4 is 21.1 Å². The molecule has 12 heteroatoms. The van der Waals surface area contributed by atoms with Gasteiger partial charge in [-0.05, 0) is 60.4 Å². The SMILES string of the molecule is Nc1ncc2ccc(-c3ccc(NC(=O)C4(C(=O)Nc5ccc(Br)cc5OC(F)(F)F)CC4)cc3)cc2n1. The van der Waals surface area contributed by atoms with Gasteiger partial charge in [0.15, 0.2) is 5.75 Å². The number of anilines is 3. The molecular weight excluding hydrogens is 567 g/mol. The third kappa shape index (κ3) is 5.40. The number of nitrogens with two attached hydrogens (primary N) is 1. The molecule has 0 saturated heterocycles. The number of alkyl halides is 3. The highest BCUT2D eigenvalue weighted by Gasteiger charge is 2.56. The van der Waals surface area contributed by atoms with Crippen LogP contribution in [0.1, 0.15) is 12.8 Å². The van der Waals surface area contributed by atoms with Crippen LogP contribution >= 0.6 is 15.9 Å². The summed E-state index contributed by atoms with van der Waals surface area (Å²) in [5, 5.41) is 5.99. The predicted molar refractivity (Wildman–Crippen MR) is 139 cm³/mol. The van der Waals surface area contributed by atoms with E-state index < -0.39 is 29.3 Å². The number of rotatable bonds is 6. The minimum atomic E-state index is -4.95. The number of carbonyl (C=O) groups is 2. The summed E-state index contributed by atoms with van der Waals surface area (Å²) in [5.41, 5.74) is 7.02. The number of nitrogen functional groups attached to an aromatic ring is 1. The Labute approximate surface area is 222 Å². The standard InChI is InChI=1S/C26H19BrF3N5O3/c27-17-5-8-19(21(12-17)38-26(28,29)30)34-23(37)25(9-10-25)22(36)33-18-6-3-14(4-7-18)15-1-2-16-13-32-24(31)35-20(16)11-15/h1-8,11-13H,9-10H2,(H,33,36)(H,34,37)(H2,31,32,35). The van der Waals surface area contributed by atoms with Gasteiger partial charge in [-0.2, -0.15) is 0 Å². The molecule has 1 aromatic heterocycles. The van der Waals surface area contributed by atoms with E-state index in [1.807, 2.05) is 30.3 Å². The summed E-state index contributed by atoms with van der Waals surface area (Å²) in [6.45, 7) is 0. The Bertz CT molecular complexity index is 1560. The van der Waals surface area contributed by atoms with Crippen molar-refractivity contribution in [3.63, 3.8) is 0 Å². The molecule has 8 nitrogen and oxygen atoms in total. The van der Waals surface area contributed by atoms with Gasteiger partial charge in [-0.15, -0.1) is 13.2 Å². The minimum absolute atomic E-state index is 0.176. The molecule has 1 aliphatic rings. The molecule has 0 bridgehead atoms. The maximum atomic E-state index is 13.0. The highest BCUT2D eigenvalue weighted by Crippen LogP contribution is 2.48. The summed E-state index contributed by atoms with van der Waals surface area (Å²) in [7, 11) is 0. The summed E-state index contributed by atoms with van der Waals surface area (Å²) < 4.78 is 42.8. The molecule has 1 aliphatic carbocycles. The molecule has 38 heavy (non-hydrogen) atoms. The third-order valence-corrected chi connectivity index (χ3v) is 6.61. The molecule has 1 fully saturated rings. The number of benzene rings is 3. The number of nitrogens with zero attached hydrogens (tertiary/aromatic N) is 2. The second kappa shape index (κ2) is 9.60. The quantitative estimate of drug-likeness (QED) is 0.242. The normalized spacial score (nSPS) is 14.1. The van der Waals surface area contributed by atoms with Crippen LogP contribution in [0.2, 0.25) is 0 Å². The van der Waals surface area contributed by atoms with Crippen LogP contribution in [-0.2, 0) is 9.59 Å². The monoisotopic (exact) mass is 585 g/mol. The maximum absolute atomic E-state index is 13.0. The largest absolute Gasteiger partial charge is 0.573 e. The molecule has 0 atom stereocenters. The molecule has 4 aromatic rings. The number of fused-ring (bicyclic) bond motifs is 1. The first kappa shape index (κ1) is 25.5. The Balaban J connectivity index is 1.29. The molecular formula is C26H19BrF3N5O3.